The van der Waals surface area contributed by atoms with Crippen molar-refractivity contribution in [1.29, 1.82) is 0 Å². The van der Waals surface area contributed by atoms with Gasteiger partial charge in [0.05, 0.1) is 12.3 Å². The highest BCUT2D eigenvalue weighted by Gasteiger charge is 2.08. The van der Waals surface area contributed by atoms with Gasteiger partial charge < -0.3 is 10.2 Å². The average molecular weight is 279 g/mol. The molecule has 2 rings (SSSR count). The quantitative estimate of drug-likeness (QED) is 0.664. The van der Waals surface area contributed by atoms with Gasteiger partial charge in [-0.05, 0) is 18.6 Å². The topological polar surface area (TPSA) is 73.1 Å². The van der Waals surface area contributed by atoms with Crippen molar-refractivity contribution in [2.24, 2.45) is 5.84 Å². The molecular formula is C13H15ClN4O. The highest BCUT2D eigenvalue weighted by Crippen LogP contribution is 2.24. The maximum absolute atomic E-state index is 6.12. The molecule has 100 valence electrons. The standard InChI is InChI=1S/C13H15ClN4O/c1-8-3-4-9(5-11(8)14)13-16-10(7-19-2)6-12(17-13)18-15/h3-6H,7,15H2,1-2H3,(H,16,17,18). The number of hydrogen-bond donors (Lipinski definition) is 2. The Morgan fingerprint density at radius 3 is 2.74 bits per heavy atom. The summed E-state index contributed by atoms with van der Waals surface area (Å²) in [6.07, 6.45) is 0. The van der Waals surface area contributed by atoms with Crippen LogP contribution in [0.5, 0.6) is 0 Å². The SMILES string of the molecule is COCc1cc(NN)nc(-c2ccc(C)c(Cl)c2)n1. The van der Waals surface area contributed by atoms with E-state index in [1.54, 1.807) is 13.2 Å². The van der Waals surface area contributed by atoms with E-state index in [1.807, 2.05) is 25.1 Å². The number of nitrogen functional groups attached to an aromatic ring is 1. The maximum atomic E-state index is 6.12. The number of benzene rings is 1. The molecule has 0 unspecified atom stereocenters. The lowest BCUT2D eigenvalue weighted by Gasteiger charge is -2.08. The predicted octanol–water partition coefficient (Wildman–Crippen LogP) is 2.54. The molecule has 2 aromatic rings. The fraction of sp³-hybridized carbons (Fsp3) is 0.231. The molecule has 1 aromatic heterocycles. The van der Waals surface area contributed by atoms with Crippen molar-refractivity contribution in [3.8, 4) is 11.4 Å². The van der Waals surface area contributed by atoms with Crippen LogP contribution >= 0.6 is 11.6 Å². The van der Waals surface area contributed by atoms with Crippen molar-refractivity contribution in [3.63, 3.8) is 0 Å². The van der Waals surface area contributed by atoms with Gasteiger partial charge in [0.15, 0.2) is 5.82 Å². The number of methoxy groups -OCH3 is 1. The molecule has 3 N–H and O–H groups in total. The molecule has 6 heteroatoms. The number of nitrogens with zero attached hydrogens (tertiary/aromatic N) is 2. The molecule has 0 aliphatic heterocycles. The number of nitrogens with one attached hydrogen (secondary N) is 1. The minimum atomic E-state index is 0.393. The normalized spacial score (nSPS) is 10.5. The summed E-state index contributed by atoms with van der Waals surface area (Å²) in [5.41, 5.74) is 5.12. The van der Waals surface area contributed by atoms with Crippen LogP contribution in [0.4, 0.5) is 5.82 Å². The Balaban J connectivity index is 2.47. The number of halogens is 1. The monoisotopic (exact) mass is 278 g/mol. The van der Waals surface area contributed by atoms with E-state index in [0.717, 1.165) is 16.8 Å². The number of ether oxygens (including phenoxy) is 1. The van der Waals surface area contributed by atoms with Crippen molar-refractivity contribution >= 4 is 17.4 Å². The second-order valence-corrected chi connectivity index (χ2v) is 4.52. The van der Waals surface area contributed by atoms with E-state index in [1.165, 1.54) is 0 Å². The molecule has 0 aliphatic rings. The Labute approximate surface area is 116 Å². The van der Waals surface area contributed by atoms with Crippen LogP contribution < -0.4 is 11.3 Å². The van der Waals surface area contributed by atoms with Crippen molar-refractivity contribution in [2.45, 2.75) is 13.5 Å². The number of hydrazine groups is 1. The zero-order valence-electron chi connectivity index (χ0n) is 10.8. The van der Waals surface area contributed by atoms with Crippen LogP contribution in [-0.4, -0.2) is 17.1 Å². The number of rotatable bonds is 4. The van der Waals surface area contributed by atoms with Gasteiger partial charge in [-0.1, -0.05) is 23.7 Å². The van der Waals surface area contributed by atoms with Crippen molar-refractivity contribution in [2.75, 3.05) is 12.5 Å². The Hall–Kier alpha value is -1.69. The molecule has 0 amide bonds. The van der Waals surface area contributed by atoms with Gasteiger partial charge in [-0.3, -0.25) is 0 Å². The van der Waals surface area contributed by atoms with Crippen LogP contribution in [0.3, 0.4) is 0 Å². The first-order valence-electron chi connectivity index (χ1n) is 5.74. The van der Waals surface area contributed by atoms with Crippen molar-refractivity contribution < 1.29 is 4.74 Å². The molecule has 1 aromatic carbocycles. The third kappa shape index (κ3) is 3.20. The molecule has 5 nitrogen and oxygen atoms in total. The second-order valence-electron chi connectivity index (χ2n) is 4.11. The molecule has 19 heavy (non-hydrogen) atoms. The first-order chi connectivity index (χ1) is 9.13. The Bertz CT molecular complexity index is 589. The van der Waals surface area contributed by atoms with Crippen LogP contribution in [0.25, 0.3) is 11.4 Å². The third-order valence-electron chi connectivity index (χ3n) is 2.65. The van der Waals surface area contributed by atoms with E-state index >= 15 is 0 Å². The van der Waals surface area contributed by atoms with Crippen molar-refractivity contribution in [1.82, 2.24) is 9.97 Å². The molecule has 0 bridgehead atoms. The van der Waals surface area contributed by atoms with E-state index in [9.17, 15) is 0 Å². The van der Waals surface area contributed by atoms with E-state index in [0.29, 0.717) is 23.3 Å². The zero-order valence-corrected chi connectivity index (χ0v) is 11.5. The molecule has 0 radical (unpaired) electrons. The molecule has 0 aliphatic carbocycles. The summed E-state index contributed by atoms with van der Waals surface area (Å²) in [7, 11) is 1.61. The molecule has 0 saturated heterocycles. The fourth-order valence-electron chi connectivity index (χ4n) is 1.65. The highest BCUT2D eigenvalue weighted by atomic mass is 35.5. The molecule has 0 fully saturated rings. The molecular weight excluding hydrogens is 264 g/mol. The predicted molar refractivity (Wildman–Crippen MR) is 75.7 cm³/mol. The first kappa shape index (κ1) is 13.7. The van der Waals surface area contributed by atoms with Gasteiger partial charge >= 0.3 is 0 Å². The Kier molecular flexibility index (Phi) is 4.31. The molecule has 0 saturated carbocycles. The summed E-state index contributed by atoms with van der Waals surface area (Å²) in [6.45, 7) is 2.34. The largest absolute Gasteiger partial charge is 0.378 e. The molecule has 0 atom stereocenters. The first-order valence-corrected chi connectivity index (χ1v) is 6.12. The van der Waals surface area contributed by atoms with Gasteiger partial charge in [0.2, 0.25) is 0 Å². The number of nitrogens with two attached hydrogens (primary N) is 1. The van der Waals surface area contributed by atoms with E-state index in [4.69, 9.17) is 22.2 Å². The van der Waals surface area contributed by atoms with Crippen LogP contribution in [0.2, 0.25) is 5.02 Å². The number of aryl methyl sites for hydroxylation is 1. The van der Waals surface area contributed by atoms with Crippen LogP contribution in [-0.2, 0) is 11.3 Å². The van der Waals surface area contributed by atoms with Crippen LogP contribution in [0, 0.1) is 6.92 Å². The van der Waals surface area contributed by atoms with Gasteiger partial charge in [0, 0.05) is 23.8 Å². The van der Waals surface area contributed by atoms with E-state index < -0.39 is 0 Å². The third-order valence-corrected chi connectivity index (χ3v) is 3.06. The summed E-state index contributed by atoms with van der Waals surface area (Å²) < 4.78 is 5.08. The summed E-state index contributed by atoms with van der Waals surface area (Å²) >= 11 is 6.12. The maximum Gasteiger partial charge on any atom is 0.161 e. The molecule has 1 heterocycles. The second kappa shape index (κ2) is 5.97. The summed E-state index contributed by atoms with van der Waals surface area (Å²) in [4.78, 5) is 8.74. The lowest BCUT2D eigenvalue weighted by atomic mass is 10.1. The average Bonchev–Trinajstić information content (AvgIpc) is 2.42. The van der Waals surface area contributed by atoms with Crippen molar-refractivity contribution in [3.05, 3.63) is 40.5 Å². The number of hydrogen-bond acceptors (Lipinski definition) is 5. The van der Waals surface area contributed by atoms with Crippen LogP contribution in [0.15, 0.2) is 24.3 Å². The smallest absolute Gasteiger partial charge is 0.161 e. The van der Waals surface area contributed by atoms with Gasteiger partial charge in [-0.25, -0.2) is 15.8 Å². The van der Waals surface area contributed by atoms with E-state index in [-0.39, 0.29) is 0 Å². The highest BCUT2D eigenvalue weighted by molar-refractivity contribution is 6.31. The summed E-state index contributed by atoms with van der Waals surface area (Å²) in [5.74, 6) is 6.50. The number of aromatic nitrogens is 2. The summed E-state index contributed by atoms with van der Waals surface area (Å²) in [5, 5.41) is 0.681. The minimum Gasteiger partial charge on any atom is -0.378 e. The lowest BCUT2D eigenvalue weighted by molar-refractivity contribution is 0.181. The van der Waals surface area contributed by atoms with E-state index in [2.05, 4.69) is 15.4 Å². The van der Waals surface area contributed by atoms with Gasteiger partial charge in [0.1, 0.15) is 5.82 Å². The van der Waals surface area contributed by atoms with Gasteiger partial charge in [0.25, 0.3) is 0 Å². The number of anilines is 1. The Morgan fingerprint density at radius 1 is 1.32 bits per heavy atom. The van der Waals surface area contributed by atoms with Gasteiger partial charge in [-0.2, -0.15) is 0 Å². The zero-order chi connectivity index (χ0) is 13.8. The minimum absolute atomic E-state index is 0.393. The van der Waals surface area contributed by atoms with Gasteiger partial charge in [-0.15, -0.1) is 0 Å². The van der Waals surface area contributed by atoms with Crippen LogP contribution in [0.1, 0.15) is 11.3 Å². The fourth-order valence-corrected chi connectivity index (χ4v) is 1.83. The Morgan fingerprint density at radius 2 is 2.11 bits per heavy atom. The lowest BCUT2D eigenvalue weighted by Crippen LogP contribution is -2.10. The molecule has 0 spiro atoms. The summed E-state index contributed by atoms with van der Waals surface area (Å²) in [6, 6.07) is 7.43.